The minimum absolute atomic E-state index is 0.106. The van der Waals surface area contributed by atoms with Crippen LogP contribution in [-0.4, -0.2) is 27.9 Å². The number of carboxylic acids is 1. The van der Waals surface area contributed by atoms with Crippen molar-refractivity contribution in [3.05, 3.63) is 35.4 Å². The molecule has 1 amide bonds. The molecule has 0 saturated heterocycles. The standard InChI is InChI=1S/C15H17NO3/c17-14-13-4-2-1-3-11(13)9-16(14)12-7-5-10(6-8-12)15(18)19/h1-4,10,12H,5-9H2,(H,18,19). The van der Waals surface area contributed by atoms with Crippen LogP contribution in [0.5, 0.6) is 0 Å². The fourth-order valence-electron chi connectivity index (χ4n) is 3.21. The Morgan fingerprint density at radius 1 is 1.16 bits per heavy atom. The van der Waals surface area contributed by atoms with Crippen LogP contribution >= 0.6 is 0 Å². The van der Waals surface area contributed by atoms with Gasteiger partial charge in [-0.1, -0.05) is 18.2 Å². The molecule has 1 N–H and O–H groups in total. The van der Waals surface area contributed by atoms with Gasteiger partial charge in [-0.2, -0.15) is 0 Å². The summed E-state index contributed by atoms with van der Waals surface area (Å²) in [5, 5.41) is 9.00. The van der Waals surface area contributed by atoms with Crippen molar-refractivity contribution in [3.8, 4) is 0 Å². The number of amides is 1. The third-order valence-electron chi connectivity index (χ3n) is 4.34. The monoisotopic (exact) mass is 259 g/mol. The molecule has 100 valence electrons. The molecule has 0 bridgehead atoms. The maximum atomic E-state index is 12.3. The first kappa shape index (κ1) is 12.2. The van der Waals surface area contributed by atoms with Crippen molar-refractivity contribution < 1.29 is 14.7 Å². The van der Waals surface area contributed by atoms with Crippen LogP contribution in [0.25, 0.3) is 0 Å². The summed E-state index contributed by atoms with van der Waals surface area (Å²) in [5.41, 5.74) is 1.90. The number of nitrogens with zero attached hydrogens (tertiary/aromatic N) is 1. The first-order valence-corrected chi connectivity index (χ1v) is 6.78. The van der Waals surface area contributed by atoms with Crippen molar-refractivity contribution in [1.82, 2.24) is 4.90 Å². The lowest BCUT2D eigenvalue weighted by Gasteiger charge is -2.33. The molecule has 1 aromatic rings. The van der Waals surface area contributed by atoms with Gasteiger partial charge in [0.15, 0.2) is 0 Å². The van der Waals surface area contributed by atoms with Gasteiger partial charge in [0.25, 0.3) is 5.91 Å². The van der Waals surface area contributed by atoms with E-state index >= 15 is 0 Å². The van der Waals surface area contributed by atoms with Gasteiger partial charge in [0, 0.05) is 18.2 Å². The molecule has 1 heterocycles. The lowest BCUT2D eigenvalue weighted by molar-refractivity contribution is -0.143. The fourth-order valence-corrected chi connectivity index (χ4v) is 3.21. The van der Waals surface area contributed by atoms with Gasteiger partial charge in [-0.3, -0.25) is 9.59 Å². The smallest absolute Gasteiger partial charge is 0.306 e. The van der Waals surface area contributed by atoms with Crippen molar-refractivity contribution >= 4 is 11.9 Å². The van der Waals surface area contributed by atoms with E-state index in [1.54, 1.807) is 0 Å². The Bertz CT molecular complexity index is 518. The molecule has 1 saturated carbocycles. The molecule has 0 radical (unpaired) electrons. The molecule has 0 spiro atoms. The molecule has 4 heteroatoms. The zero-order valence-corrected chi connectivity index (χ0v) is 10.7. The van der Waals surface area contributed by atoms with E-state index in [0.29, 0.717) is 19.4 Å². The van der Waals surface area contributed by atoms with Gasteiger partial charge in [-0.15, -0.1) is 0 Å². The summed E-state index contributed by atoms with van der Waals surface area (Å²) in [5.74, 6) is -0.819. The number of benzene rings is 1. The van der Waals surface area contributed by atoms with Gasteiger partial charge in [-0.05, 0) is 37.3 Å². The molecule has 1 aromatic carbocycles. The van der Waals surface area contributed by atoms with Gasteiger partial charge in [0.05, 0.1) is 5.92 Å². The van der Waals surface area contributed by atoms with Gasteiger partial charge in [-0.25, -0.2) is 0 Å². The summed E-state index contributed by atoms with van der Waals surface area (Å²) in [7, 11) is 0. The highest BCUT2D eigenvalue weighted by molar-refractivity contribution is 5.98. The summed E-state index contributed by atoms with van der Waals surface area (Å²) < 4.78 is 0. The molecule has 0 unspecified atom stereocenters. The van der Waals surface area contributed by atoms with E-state index in [4.69, 9.17) is 5.11 Å². The first-order chi connectivity index (χ1) is 9.16. The highest BCUT2D eigenvalue weighted by Gasteiger charge is 2.35. The van der Waals surface area contributed by atoms with Crippen molar-refractivity contribution in [2.24, 2.45) is 5.92 Å². The average molecular weight is 259 g/mol. The van der Waals surface area contributed by atoms with Crippen molar-refractivity contribution in [3.63, 3.8) is 0 Å². The van der Waals surface area contributed by atoms with E-state index in [9.17, 15) is 9.59 Å². The predicted octanol–water partition coefficient (Wildman–Crippen LogP) is 2.29. The molecular formula is C15H17NO3. The predicted molar refractivity (Wildman–Crippen MR) is 69.7 cm³/mol. The van der Waals surface area contributed by atoms with Gasteiger partial charge < -0.3 is 10.0 Å². The number of hydrogen-bond acceptors (Lipinski definition) is 2. The highest BCUT2D eigenvalue weighted by atomic mass is 16.4. The highest BCUT2D eigenvalue weighted by Crippen LogP contribution is 2.33. The van der Waals surface area contributed by atoms with Crippen molar-refractivity contribution in [1.29, 1.82) is 0 Å². The largest absolute Gasteiger partial charge is 0.481 e. The molecule has 3 rings (SSSR count). The number of carbonyl (C=O) groups is 2. The average Bonchev–Trinajstić information content (AvgIpc) is 2.77. The Kier molecular flexibility index (Phi) is 3.01. The van der Waals surface area contributed by atoms with Crippen LogP contribution in [0, 0.1) is 5.92 Å². The maximum Gasteiger partial charge on any atom is 0.306 e. The molecule has 0 atom stereocenters. The van der Waals surface area contributed by atoms with Crippen LogP contribution in [0.2, 0.25) is 0 Å². The molecular weight excluding hydrogens is 242 g/mol. The SMILES string of the molecule is O=C(O)C1CCC(N2Cc3ccccc3C2=O)CC1. The van der Waals surface area contributed by atoms with E-state index in [1.807, 2.05) is 29.2 Å². The number of carboxylic acid groups (broad SMARTS) is 1. The molecule has 2 aliphatic rings. The molecule has 0 aromatic heterocycles. The lowest BCUT2D eigenvalue weighted by atomic mass is 9.85. The zero-order chi connectivity index (χ0) is 13.4. The number of rotatable bonds is 2. The normalized spacial score (nSPS) is 26.3. The summed E-state index contributed by atoms with van der Waals surface area (Å²) in [6.07, 6.45) is 2.97. The van der Waals surface area contributed by atoms with Crippen LogP contribution in [0.4, 0.5) is 0 Å². The van der Waals surface area contributed by atoms with Crippen LogP contribution in [-0.2, 0) is 11.3 Å². The van der Waals surface area contributed by atoms with Gasteiger partial charge >= 0.3 is 5.97 Å². The minimum Gasteiger partial charge on any atom is -0.481 e. The number of fused-ring (bicyclic) bond motifs is 1. The summed E-state index contributed by atoms with van der Waals surface area (Å²) >= 11 is 0. The van der Waals surface area contributed by atoms with E-state index in [1.165, 1.54) is 0 Å². The molecule has 1 fully saturated rings. The second-order valence-electron chi connectivity index (χ2n) is 5.43. The third kappa shape index (κ3) is 2.11. The Morgan fingerprint density at radius 3 is 2.47 bits per heavy atom. The maximum absolute atomic E-state index is 12.3. The second-order valence-corrected chi connectivity index (χ2v) is 5.43. The van der Waals surface area contributed by atoms with Crippen LogP contribution in [0.3, 0.4) is 0 Å². The molecule has 1 aliphatic heterocycles. The van der Waals surface area contributed by atoms with Crippen LogP contribution in [0.1, 0.15) is 41.6 Å². The van der Waals surface area contributed by atoms with Gasteiger partial charge in [0.1, 0.15) is 0 Å². The Balaban J connectivity index is 1.70. The summed E-state index contributed by atoms with van der Waals surface area (Å²) in [6.45, 7) is 0.678. The van der Waals surface area contributed by atoms with E-state index < -0.39 is 5.97 Å². The fraction of sp³-hybridized carbons (Fsp3) is 0.467. The second kappa shape index (κ2) is 4.68. The van der Waals surface area contributed by atoms with E-state index in [0.717, 1.165) is 24.0 Å². The Labute approximate surface area is 112 Å². The lowest BCUT2D eigenvalue weighted by Crippen LogP contribution is -2.39. The molecule has 1 aliphatic carbocycles. The van der Waals surface area contributed by atoms with Crippen LogP contribution in [0.15, 0.2) is 24.3 Å². The first-order valence-electron chi connectivity index (χ1n) is 6.78. The van der Waals surface area contributed by atoms with Gasteiger partial charge in [0.2, 0.25) is 0 Å². The minimum atomic E-state index is -0.700. The Morgan fingerprint density at radius 2 is 1.84 bits per heavy atom. The van der Waals surface area contributed by atoms with Crippen molar-refractivity contribution in [2.75, 3.05) is 0 Å². The molecule has 4 nitrogen and oxygen atoms in total. The topological polar surface area (TPSA) is 57.6 Å². The van der Waals surface area contributed by atoms with Crippen LogP contribution < -0.4 is 0 Å². The quantitative estimate of drug-likeness (QED) is 0.886. The zero-order valence-electron chi connectivity index (χ0n) is 10.7. The molecule has 19 heavy (non-hydrogen) atoms. The Hall–Kier alpha value is -1.84. The summed E-state index contributed by atoms with van der Waals surface area (Å²) in [4.78, 5) is 25.2. The number of aliphatic carboxylic acids is 1. The third-order valence-corrected chi connectivity index (χ3v) is 4.34. The summed E-state index contributed by atoms with van der Waals surface area (Å²) in [6, 6.07) is 7.92. The van der Waals surface area contributed by atoms with Crippen molar-refractivity contribution in [2.45, 2.75) is 38.3 Å². The van der Waals surface area contributed by atoms with E-state index in [2.05, 4.69) is 0 Å². The number of carbonyl (C=O) groups excluding carboxylic acids is 1. The number of hydrogen-bond donors (Lipinski definition) is 1. The van der Waals surface area contributed by atoms with E-state index in [-0.39, 0.29) is 17.9 Å².